The fourth-order valence-corrected chi connectivity index (χ4v) is 4.42. The number of nitrogens with one attached hydrogen (secondary N) is 1. The van der Waals surface area contributed by atoms with E-state index in [1.165, 1.54) is 15.6 Å². The van der Waals surface area contributed by atoms with Crippen LogP contribution in [-0.2, 0) is 23.1 Å². The van der Waals surface area contributed by atoms with Crippen molar-refractivity contribution >= 4 is 21.4 Å². The number of thiophene rings is 1. The first-order valence-corrected chi connectivity index (χ1v) is 8.99. The third-order valence-electron chi connectivity index (χ3n) is 3.00. The van der Waals surface area contributed by atoms with Crippen molar-refractivity contribution in [1.82, 2.24) is 14.6 Å². The summed E-state index contributed by atoms with van der Waals surface area (Å²) in [5.74, 6) is 0. The largest absolute Gasteiger partial charge is 0.313 e. The van der Waals surface area contributed by atoms with Crippen LogP contribution >= 0.6 is 11.3 Å². The minimum absolute atomic E-state index is 0.316. The van der Waals surface area contributed by atoms with E-state index in [4.69, 9.17) is 0 Å². The second-order valence-corrected chi connectivity index (χ2v) is 7.86. The average Bonchev–Trinajstić information content (AvgIpc) is 2.95. The number of aromatic nitrogens is 1. The highest BCUT2D eigenvalue weighted by molar-refractivity contribution is 7.91. The van der Waals surface area contributed by atoms with E-state index in [1.54, 1.807) is 31.6 Å². The first-order chi connectivity index (χ1) is 10.0. The predicted octanol–water partition coefficient (Wildman–Crippen LogP) is 2.07. The summed E-state index contributed by atoms with van der Waals surface area (Å²) in [4.78, 5) is 4.00. The lowest BCUT2D eigenvalue weighted by molar-refractivity contribution is 0.468. The van der Waals surface area contributed by atoms with E-state index in [-0.39, 0.29) is 0 Å². The standard InChI is InChI=1S/C14H19N3O2S2/c1-3-15-9-13-7-14(20-11-13)21(18,19)17(2)10-12-5-4-6-16-8-12/h4-8,11,15H,3,9-10H2,1-2H3. The van der Waals surface area contributed by atoms with Crippen molar-refractivity contribution in [3.05, 3.63) is 47.1 Å². The Hall–Kier alpha value is -1.28. The van der Waals surface area contributed by atoms with Gasteiger partial charge in [0, 0.05) is 32.5 Å². The van der Waals surface area contributed by atoms with E-state index in [1.807, 2.05) is 18.4 Å². The molecular formula is C14H19N3O2S2. The van der Waals surface area contributed by atoms with E-state index < -0.39 is 10.0 Å². The van der Waals surface area contributed by atoms with Gasteiger partial charge in [-0.2, -0.15) is 4.31 Å². The number of sulfonamides is 1. The predicted molar refractivity (Wildman–Crippen MR) is 84.6 cm³/mol. The van der Waals surface area contributed by atoms with Crippen molar-refractivity contribution in [3.63, 3.8) is 0 Å². The Morgan fingerprint density at radius 3 is 2.86 bits per heavy atom. The molecule has 2 aromatic heterocycles. The first kappa shape index (κ1) is 16.1. The van der Waals surface area contributed by atoms with Crippen LogP contribution in [0.2, 0.25) is 0 Å². The Labute approximate surface area is 129 Å². The molecule has 0 atom stereocenters. The van der Waals surface area contributed by atoms with Crippen molar-refractivity contribution in [3.8, 4) is 0 Å². The van der Waals surface area contributed by atoms with Gasteiger partial charge < -0.3 is 5.32 Å². The zero-order valence-corrected chi connectivity index (χ0v) is 13.7. The maximum atomic E-state index is 12.5. The van der Waals surface area contributed by atoms with E-state index in [2.05, 4.69) is 10.3 Å². The number of hydrogen-bond donors (Lipinski definition) is 1. The third kappa shape index (κ3) is 4.10. The molecule has 5 nitrogen and oxygen atoms in total. The molecule has 0 aromatic carbocycles. The molecule has 0 aliphatic heterocycles. The van der Waals surface area contributed by atoms with Crippen molar-refractivity contribution in [2.75, 3.05) is 13.6 Å². The molecule has 0 aliphatic carbocycles. The van der Waals surface area contributed by atoms with Gasteiger partial charge in [-0.1, -0.05) is 13.0 Å². The third-order valence-corrected chi connectivity index (χ3v) is 6.27. The molecule has 0 radical (unpaired) electrons. The van der Waals surface area contributed by atoms with Crippen molar-refractivity contribution in [2.24, 2.45) is 0 Å². The van der Waals surface area contributed by atoms with Crippen LogP contribution in [0.15, 0.2) is 40.2 Å². The molecule has 1 N–H and O–H groups in total. The van der Waals surface area contributed by atoms with E-state index in [9.17, 15) is 8.42 Å². The smallest absolute Gasteiger partial charge is 0.252 e. The Bertz CT molecular complexity index is 669. The molecule has 21 heavy (non-hydrogen) atoms. The molecule has 114 valence electrons. The molecule has 0 spiro atoms. The molecule has 0 aliphatic rings. The van der Waals surface area contributed by atoms with E-state index in [0.29, 0.717) is 17.3 Å². The Morgan fingerprint density at radius 2 is 2.19 bits per heavy atom. The molecule has 7 heteroatoms. The molecule has 2 rings (SSSR count). The summed E-state index contributed by atoms with van der Waals surface area (Å²) in [6.45, 7) is 3.88. The van der Waals surface area contributed by atoms with Crippen LogP contribution in [-0.4, -0.2) is 31.3 Å². The highest BCUT2D eigenvalue weighted by Crippen LogP contribution is 2.24. The van der Waals surface area contributed by atoms with Crippen LogP contribution in [0.4, 0.5) is 0 Å². The summed E-state index contributed by atoms with van der Waals surface area (Å²) in [6.07, 6.45) is 3.35. The van der Waals surface area contributed by atoms with Crippen molar-refractivity contribution < 1.29 is 8.42 Å². The fraction of sp³-hybridized carbons (Fsp3) is 0.357. The second-order valence-electron chi connectivity index (χ2n) is 4.68. The molecule has 2 aromatic rings. The first-order valence-electron chi connectivity index (χ1n) is 6.67. The molecule has 0 saturated heterocycles. The molecule has 0 saturated carbocycles. The number of rotatable bonds is 7. The lowest BCUT2D eigenvalue weighted by Crippen LogP contribution is -2.25. The minimum atomic E-state index is -3.45. The van der Waals surface area contributed by atoms with Crippen LogP contribution in [0, 0.1) is 0 Å². The second kappa shape index (κ2) is 7.13. The van der Waals surface area contributed by atoms with Crippen LogP contribution in [0.25, 0.3) is 0 Å². The van der Waals surface area contributed by atoms with Gasteiger partial charge in [-0.15, -0.1) is 11.3 Å². The molecule has 2 heterocycles. The zero-order valence-electron chi connectivity index (χ0n) is 12.1. The van der Waals surface area contributed by atoms with Crippen molar-refractivity contribution in [1.29, 1.82) is 0 Å². The van der Waals surface area contributed by atoms with E-state index in [0.717, 1.165) is 17.7 Å². The zero-order chi connectivity index (χ0) is 15.3. The SMILES string of the molecule is CCNCc1csc(S(=O)(=O)N(C)Cc2cccnc2)c1. The number of nitrogens with zero attached hydrogens (tertiary/aromatic N) is 2. The summed E-state index contributed by atoms with van der Waals surface area (Å²) in [5.41, 5.74) is 1.86. The lowest BCUT2D eigenvalue weighted by Gasteiger charge is -2.15. The molecular weight excluding hydrogens is 306 g/mol. The molecule has 0 bridgehead atoms. The van der Waals surface area contributed by atoms with Crippen LogP contribution in [0.5, 0.6) is 0 Å². The average molecular weight is 325 g/mol. The van der Waals surface area contributed by atoms with Gasteiger partial charge in [-0.25, -0.2) is 8.42 Å². The van der Waals surface area contributed by atoms with Gasteiger partial charge in [0.2, 0.25) is 0 Å². The Morgan fingerprint density at radius 1 is 1.38 bits per heavy atom. The fourth-order valence-electron chi connectivity index (χ4n) is 1.84. The maximum absolute atomic E-state index is 12.5. The van der Waals surface area contributed by atoms with E-state index >= 15 is 0 Å². The summed E-state index contributed by atoms with van der Waals surface area (Å²) in [6, 6.07) is 5.40. The lowest BCUT2D eigenvalue weighted by atomic mass is 10.3. The Balaban J connectivity index is 2.11. The molecule has 0 fully saturated rings. The van der Waals surface area contributed by atoms with Gasteiger partial charge >= 0.3 is 0 Å². The number of hydrogen-bond acceptors (Lipinski definition) is 5. The van der Waals surface area contributed by atoms with Gasteiger partial charge in [-0.3, -0.25) is 4.98 Å². The van der Waals surface area contributed by atoms with Gasteiger partial charge in [0.15, 0.2) is 0 Å². The molecule has 0 amide bonds. The van der Waals surface area contributed by atoms with Crippen molar-refractivity contribution in [2.45, 2.75) is 24.2 Å². The highest BCUT2D eigenvalue weighted by atomic mass is 32.2. The Kier molecular flexibility index (Phi) is 5.46. The maximum Gasteiger partial charge on any atom is 0.252 e. The summed E-state index contributed by atoms with van der Waals surface area (Å²) < 4.78 is 26.8. The van der Waals surface area contributed by atoms with Gasteiger partial charge in [0.1, 0.15) is 4.21 Å². The summed E-state index contributed by atoms with van der Waals surface area (Å²) in [5, 5.41) is 5.07. The quantitative estimate of drug-likeness (QED) is 0.846. The van der Waals surface area contributed by atoms with Gasteiger partial charge in [-0.05, 0) is 35.2 Å². The topological polar surface area (TPSA) is 62.3 Å². The molecule has 0 unspecified atom stereocenters. The van der Waals surface area contributed by atoms with Crippen LogP contribution in [0.1, 0.15) is 18.1 Å². The summed E-state index contributed by atoms with van der Waals surface area (Å²) in [7, 11) is -1.86. The monoisotopic (exact) mass is 325 g/mol. The van der Waals surface area contributed by atoms with Crippen LogP contribution < -0.4 is 5.32 Å². The summed E-state index contributed by atoms with van der Waals surface area (Å²) >= 11 is 1.26. The highest BCUT2D eigenvalue weighted by Gasteiger charge is 2.22. The number of pyridine rings is 1. The van der Waals surface area contributed by atoms with Gasteiger partial charge in [0.05, 0.1) is 0 Å². The van der Waals surface area contributed by atoms with Gasteiger partial charge in [0.25, 0.3) is 10.0 Å². The normalized spacial score (nSPS) is 12.0. The van der Waals surface area contributed by atoms with Crippen LogP contribution in [0.3, 0.4) is 0 Å². The minimum Gasteiger partial charge on any atom is -0.313 e.